The maximum atomic E-state index is 13.9. The molecule has 1 saturated carbocycles. The lowest BCUT2D eigenvalue weighted by Crippen LogP contribution is -2.66. The minimum atomic E-state index is -0.366. The monoisotopic (exact) mass is 294 g/mol. The molecule has 1 N–H and O–H groups in total. The Hall–Kier alpha value is -1.00. The molecular formula is C17H24F2N2. The van der Waals surface area contributed by atoms with Crippen molar-refractivity contribution in [1.29, 1.82) is 0 Å². The van der Waals surface area contributed by atoms with E-state index < -0.39 is 0 Å². The van der Waals surface area contributed by atoms with E-state index in [1.807, 2.05) is 0 Å². The topological polar surface area (TPSA) is 15.3 Å². The molecule has 21 heavy (non-hydrogen) atoms. The molecule has 0 bridgehead atoms. The third kappa shape index (κ3) is 2.97. The van der Waals surface area contributed by atoms with Crippen LogP contribution in [0.4, 0.5) is 8.78 Å². The molecule has 2 fully saturated rings. The van der Waals surface area contributed by atoms with Crippen LogP contribution in [-0.4, -0.2) is 29.1 Å². The van der Waals surface area contributed by atoms with Crippen molar-refractivity contribution in [2.24, 2.45) is 0 Å². The molecule has 116 valence electrons. The van der Waals surface area contributed by atoms with Gasteiger partial charge in [-0.2, -0.15) is 0 Å². The smallest absolute Gasteiger partial charge is 0.127 e. The molecule has 1 aliphatic carbocycles. The number of rotatable bonds is 2. The van der Waals surface area contributed by atoms with Crippen molar-refractivity contribution in [3.05, 3.63) is 35.4 Å². The lowest BCUT2D eigenvalue weighted by atomic mass is 9.87. The Balaban J connectivity index is 1.82. The van der Waals surface area contributed by atoms with Gasteiger partial charge in [0.15, 0.2) is 0 Å². The van der Waals surface area contributed by atoms with Crippen LogP contribution < -0.4 is 5.32 Å². The van der Waals surface area contributed by atoms with Crippen molar-refractivity contribution in [3.8, 4) is 0 Å². The Kier molecular flexibility index (Phi) is 3.78. The van der Waals surface area contributed by atoms with Gasteiger partial charge in [0.25, 0.3) is 0 Å². The second-order valence-electron chi connectivity index (χ2n) is 7.25. The van der Waals surface area contributed by atoms with Crippen LogP contribution in [0.15, 0.2) is 18.2 Å². The lowest BCUT2D eigenvalue weighted by molar-refractivity contribution is 0.0209. The molecule has 0 aromatic heterocycles. The fourth-order valence-corrected chi connectivity index (χ4v) is 3.68. The summed E-state index contributed by atoms with van der Waals surface area (Å²) < 4.78 is 27.3. The number of benzene rings is 1. The van der Waals surface area contributed by atoms with Gasteiger partial charge in [0.1, 0.15) is 11.6 Å². The highest BCUT2D eigenvalue weighted by Crippen LogP contribution is 2.36. The third-order valence-corrected chi connectivity index (χ3v) is 5.18. The zero-order valence-corrected chi connectivity index (χ0v) is 12.9. The predicted octanol–water partition coefficient (Wildman–Crippen LogP) is 3.46. The van der Waals surface area contributed by atoms with E-state index >= 15 is 0 Å². The molecule has 2 aliphatic rings. The van der Waals surface area contributed by atoms with Crippen LogP contribution in [0.25, 0.3) is 0 Å². The fourth-order valence-electron chi connectivity index (χ4n) is 3.68. The van der Waals surface area contributed by atoms with Gasteiger partial charge in [0, 0.05) is 36.3 Å². The summed E-state index contributed by atoms with van der Waals surface area (Å²) in [5.41, 5.74) is 0.587. The predicted molar refractivity (Wildman–Crippen MR) is 80.0 cm³/mol. The van der Waals surface area contributed by atoms with Crippen LogP contribution in [-0.2, 0) is 6.54 Å². The molecule has 0 unspecified atom stereocenters. The van der Waals surface area contributed by atoms with Gasteiger partial charge in [-0.15, -0.1) is 0 Å². The molecule has 3 rings (SSSR count). The van der Waals surface area contributed by atoms with Crippen LogP contribution in [0, 0.1) is 11.6 Å². The quantitative estimate of drug-likeness (QED) is 0.898. The van der Waals surface area contributed by atoms with Gasteiger partial charge in [0.2, 0.25) is 0 Å². The van der Waals surface area contributed by atoms with Crippen LogP contribution in [0.3, 0.4) is 0 Å². The van der Waals surface area contributed by atoms with E-state index in [2.05, 4.69) is 24.1 Å². The first-order valence-electron chi connectivity index (χ1n) is 7.84. The van der Waals surface area contributed by atoms with Crippen LogP contribution in [0.2, 0.25) is 0 Å². The molecule has 1 saturated heterocycles. The average molecular weight is 294 g/mol. The molecule has 1 heterocycles. The summed E-state index contributed by atoms with van der Waals surface area (Å²) in [5, 5.41) is 3.72. The minimum absolute atomic E-state index is 0.0490. The summed E-state index contributed by atoms with van der Waals surface area (Å²) in [6.45, 7) is 6.61. The second kappa shape index (κ2) is 5.33. The summed E-state index contributed by atoms with van der Waals surface area (Å²) in [6.07, 6.45) is 4.89. The maximum absolute atomic E-state index is 13.9. The van der Waals surface area contributed by atoms with Gasteiger partial charge >= 0.3 is 0 Å². The molecule has 1 aromatic rings. The number of halogens is 2. The SMILES string of the molecule is CC1(C)CNC2(CCCC2)CN1Cc1cc(F)ccc1F. The van der Waals surface area contributed by atoms with E-state index in [1.165, 1.54) is 43.9 Å². The summed E-state index contributed by atoms with van der Waals surface area (Å²) in [4.78, 5) is 2.31. The number of piperazine rings is 1. The number of nitrogens with zero attached hydrogens (tertiary/aromatic N) is 1. The zero-order chi connectivity index (χ0) is 15.1. The Morgan fingerprint density at radius 1 is 1.19 bits per heavy atom. The van der Waals surface area contributed by atoms with E-state index in [0.717, 1.165) is 13.1 Å². The molecule has 1 aromatic carbocycles. The van der Waals surface area contributed by atoms with E-state index in [4.69, 9.17) is 0 Å². The molecule has 0 amide bonds. The third-order valence-electron chi connectivity index (χ3n) is 5.18. The van der Waals surface area contributed by atoms with Crippen LogP contribution in [0.5, 0.6) is 0 Å². The standard InChI is InChI=1S/C17H24F2N2/c1-16(2)11-20-17(7-3-4-8-17)12-21(16)10-13-9-14(18)5-6-15(13)19/h5-6,9,20H,3-4,7-8,10-12H2,1-2H3. The highest BCUT2D eigenvalue weighted by molar-refractivity contribution is 5.19. The van der Waals surface area contributed by atoms with Gasteiger partial charge in [-0.05, 0) is 44.9 Å². The van der Waals surface area contributed by atoms with Gasteiger partial charge in [-0.1, -0.05) is 12.8 Å². The summed E-state index contributed by atoms with van der Waals surface area (Å²) >= 11 is 0. The first-order chi connectivity index (χ1) is 9.90. The van der Waals surface area contributed by atoms with E-state index in [1.54, 1.807) is 0 Å². The van der Waals surface area contributed by atoms with Gasteiger partial charge in [-0.25, -0.2) is 8.78 Å². The molecule has 1 aliphatic heterocycles. The fraction of sp³-hybridized carbons (Fsp3) is 0.647. The number of hydrogen-bond donors (Lipinski definition) is 1. The molecule has 1 spiro atoms. The van der Waals surface area contributed by atoms with Crippen molar-refractivity contribution < 1.29 is 8.78 Å². The highest BCUT2D eigenvalue weighted by atomic mass is 19.1. The second-order valence-corrected chi connectivity index (χ2v) is 7.25. The summed E-state index contributed by atoms with van der Waals surface area (Å²) in [7, 11) is 0. The van der Waals surface area contributed by atoms with Gasteiger partial charge in [-0.3, -0.25) is 4.90 Å². The van der Waals surface area contributed by atoms with Crippen molar-refractivity contribution in [2.45, 2.75) is 57.2 Å². The largest absolute Gasteiger partial charge is 0.308 e. The van der Waals surface area contributed by atoms with Crippen molar-refractivity contribution in [1.82, 2.24) is 10.2 Å². The van der Waals surface area contributed by atoms with Gasteiger partial charge in [0.05, 0.1) is 0 Å². The first kappa shape index (κ1) is 14.9. The molecule has 4 heteroatoms. The molecule has 0 radical (unpaired) electrons. The Labute approximate surface area is 125 Å². The average Bonchev–Trinajstić information content (AvgIpc) is 2.88. The van der Waals surface area contributed by atoms with Crippen molar-refractivity contribution >= 4 is 0 Å². The highest BCUT2D eigenvalue weighted by Gasteiger charge is 2.44. The number of hydrogen-bond acceptors (Lipinski definition) is 2. The van der Waals surface area contributed by atoms with E-state index in [9.17, 15) is 8.78 Å². The maximum Gasteiger partial charge on any atom is 0.127 e. The van der Waals surface area contributed by atoms with Crippen molar-refractivity contribution in [2.75, 3.05) is 13.1 Å². The lowest BCUT2D eigenvalue weighted by Gasteiger charge is -2.51. The Morgan fingerprint density at radius 2 is 1.90 bits per heavy atom. The van der Waals surface area contributed by atoms with E-state index in [-0.39, 0.29) is 22.7 Å². The molecule has 0 atom stereocenters. The van der Waals surface area contributed by atoms with Gasteiger partial charge < -0.3 is 5.32 Å². The zero-order valence-electron chi connectivity index (χ0n) is 12.9. The van der Waals surface area contributed by atoms with Crippen LogP contribution >= 0.6 is 0 Å². The first-order valence-corrected chi connectivity index (χ1v) is 7.84. The normalized spacial score (nSPS) is 24.6. The van der Waals surface area contributed by atoms with Crippen LogP contribution in [0.1, 0.15) is 45.1 Å². The van der Waals surface area contributed by atoms with Crippen molar-refractivity contribution in [3.63, 3.8) is 0 Å². The Bertz CT molecular complexity index is 522. The summed E-state index contributed by atoms with van der Waals surface area (Å²) in [6, 6.07) is 3.74. The summed E-state index contributed by atoms with van der Waals surface area (Å²) in [5.74, 6) is -0.680. The number of nitrogens with one attached hydrogen (secondary N) is 1. The Morgan fingerprint density at radius 3 is 2.62 bits per heavy atom. The minimum Gasteiger partial charge on any atom is -0.308 e. The molecule has 2 nitrogen and oxygen atoms in total. The molecular weight excluding hydrogens is 270 g/mol. The van der Waals surface area contributed by atoms with E-state index in [0.29, 0.717) is 12.1 Å².